The summed E-state index contributed by atoms with van der Waals surface area (Å²) in [7, 11) is 0. The van der Waals surface area contributed by atoms with E-state index in [9.17, 15) is 5.11 Å². The zero-order chi connectivity index (χ0) is 10.8. The first-order valence-electron chi connectivity index (χ1n) is 5.60. The van der Waals surface area contributed by atoms with Gasteiger partial charge in [-0.05, 0) is 46.2 Å². The molecule has 3 nitrogen and oxygen atoms in total. The Bertz CT molecular complexity index is 177. The molecule has 0 spiro atoms. The molecule has 14 heavy (non-hydrogen) atoms. The van der Waals surface area contributed by atoms with E-state index in [1.54, 1.807) is 0 Å². The number of aliphatic hydroxyl groups is 1. The maximum Gasteiger partial charge on any atom is 0.0741 e. The molecule has 0 aromatic carbocycles. The summed E-state index contributed by atoms with van der Waals surface area (Å²) < 4.78 is 0. The van der Waals surface area contributed by atoms with Crippen molar-refractivity contribution in [3.05, 3.63) is 0 Å². The third-order valence-electron chi connectivity index (χ3n) is 3.31. The zero-order valence-corrected chi connectivity index (χ0v) is 9.80. The predicted octanol–water partition coefficient (Wildman–Crippen LogP) is 0.733. The zero-order valence-electron chi connectivity index (χ0n) is 9.80. The molecule has 1 aliphatic heterocycles. The van der Waals surface area contributed by atoms with Gasteiger partial charge in [-0.2, -0.15) is 0 Å². The van der Waals surface area contributed by atoms with Crippen LogP contribution in [0.1, 0.15) is 34.1 Å². The summed E-state index contributed by atoms with van der Waals surface area (Å²) in [6.07, 6.45) is 1.15. The van der Waals surface area contributed by atoms with E-state index in [1.807, 2.05) is 13.8 Å². The summed E-state index contributed by atoms with van der Waals surface area (Å²) in [5.41, 5.74) is -0.634. The molecule has 1 rings (SSSR count). The summed E-state index contributed by atoms with van der Waals surface area (Å²) >= 11 is 0. The van der Waals surface area contributed by atoms with Crippen LogP contribution in [0.2, 0.25) is 0 Å². The minimum absolute atomic E-state index is 0.146. The van der Waals surface area contributed by atoms with E-state index in [2.05, 4.69) is 24.5 Å². The molecule has 0 saturated carbocycles. The molecule has 0 bridgehead atoms. The average Bonchev–Trinajstić information content (AvgIpc) is 2.07. The third-order valence-corrected chi connectivity index (χ3v) is 3.31. The van der Waals surface area contributed by atoms with Gasteiger partial charge < -0.3 is 15.7 Å². The Labute approximate surface area is 87.3 Å². The van der Waals surface area contributed by atoms with E-state index in [0.29, 0.717) is 12.0 Å². The first-order chi connectivity index (χ1) is 6.41. The molecule has 1 saturated heterocycles. The van der Waals surface area contributed by atoms with Gasteiger partial charge in [0.25, 0.3) is 0 Å². The van der Waals surface area contributed by atoms with Crippen molar-refractivity contribution in [3.8, 4) is 0 Å². The Balaban J connectivity index is 2.42. The summed E-state index contributed by atoms with van der Waals surface area (Å²) in [4.78, 5) is 0. The molecule has 0 aromatic rings. The summed E-state index contributed by atoms with van der Waals surface area (Å²) in [6.45, 7) is 10.2. The maximum atomic E-state index is 9.82. The molecule has 3 unspecified atom stereocenters. The Hall–Kier alpha value is -0.120. The van der Waals surface area contributed by atoms with Crippen LogP contribution in [0.15, 0.2) is 0 Å². The molecule has 3 atom stereocenters. The van der Waals surface area contributed by atoms with Gasteiger partial charge in [-0.25, -0.2) is 0 Å². The lowest BCUT2D eigenvalue weighted by Gasteiger charge is -2.36. The van der Waals surface area contributed by atoms with Gasteiger partial charge in [-0.3, -0.25) is 0 Å². The van der Waals surface area contributed by atoms with E-state index < -0.39 is 5.60 Å². The van der Waals surface area contributed by atoms with Gasteiger partial charge in [0.15, 0.2) is 0 Å². The standard InChI is InChI=1S/C11H24N2O/c1-8-7-12-6-5-10(8)13-9(2)11(3,4)14/h8-10,12-14H,5-7H2,1-4H3. The second kappa shape index (κ2) is 4.60. The van der Waals surface area contributed by atoms with Crippen LogP contribution in [-0.4, -0.2) is 35.9 Å². The largest absolute Gasteiger partial charge is 0.389 e. The van der Waals surface area contributed by atoms with Crippen LogP contribution >= 0.6 is 0 Å². The number of hydrogen-bond acceptors (Lipinski definition) is 3. The van der Waals surface area contributed by atoms with Crippen molar-refractivity contribution in [1.82, 2.24) is 10.6 Å². The van der Waals surface area contributed by atoms with Gasteiger partial charge >= 0.3 is 0 Å². The van der Waals surface area contributed by atoms with Crippen molar-refractivity contribution >= 4 is 0 Å². The monoisotopic (exact) mass is 200 g/mol. The molecule has 0 aliphatic carbocycles. The van der Waals surface area contributed by atoms with Gasteiger partial charge in [0.2, 0.25) is 0 Å². The number of rotatable bonds is 3. The van der Waals surface area contributed by atoms with E-state index in [0.717, 1.165) is 19.5 Å². The molecule has 1 heterocycles. The predicted molar refractivity (Wildman–Crippen MR) is 59.3 cm³/mol. The van der Waals surface area contributed by atoms with Crippen LogP contribution in [-0.2, 0) is 0 Å². The third kappa shape index (κ3) is 3.23. The molecule has 0 radical (unpaired) electrons. The van der Waals surface area contributed by atoms with Crippen molar-refractivity contribution in [3.63, 3.8) is 0 Å². The highest BCUT2D eigenvalue weighted by Crippen LogP contribution is 2.15. The normalized spacial score (nSPS) is 31.5. The van der Waals surface area contributed by atoms with Crippen molar-refractivity contribution < 1.29 is 5.11 Å². The first-order valence-corrected chi connectivity index (χ1v) is 5.60. The van der Waals surface area contributed by atoms with Crippen LogP contribution in [0.4, 0.5) is 0 Å². The lowest BCUT2D eigenvalue weighted by Crippen LogP contribution is -2.54. The molecular formula is C11H24N2O. The smallest absolute Gasteiger partial charge is 0.0741 e. The van der Waals surface area contributed by atoms with Gasteiger partial charge in [-0.15, -0.1) is 0 Å². The Morgan fingerprint density at radius 2 is 2.14 bits per heavy atom. The fraction of sp³-hybridized carbons (Fsp3) is 1.00. The van der Waals surface area contributed by atoms with Crippen LogP contribution in [0.25, 0.3) is 0 Å². The fourth-order valence-electron chi connectivity index (χ4n) is 1.79. The lowest BCUT2D eigenvalue weighted by molar-refractivity contribution is 0.0349. The highest BCUT2D eigenvalue weighted by molar-refractivity contribution is 4.87. The molecule has 0 aromatic heterocycles. The van der Waals surface area contributed by atoms with E-state index >= 15 is 0 Å². The molecule has 1 aliphatic rings. The minimum atomic E-state index is -0.634. The fourth-order valence-corrected chi connectivity index (χ4v) is 1.79. The number of hydrogen-bond donors (Lipinski definition) is 3. The van der Waals surface area contributed by atoms with Crippen LogP contribution in [0.3, 0.4) is 0 Å². The molecule has 84 valence electrons. The Morgan fingerprint density at radius 1 is 1.50 bits per heavy atom. The van der Waals surface area contributed by atoms with E-state index in [1.165, 1.54) is 0 Å². The average molecular weight is 200 g/mol. The van der Waals surface area contributed by atoms with Crippen molar-refractivity contribution in [2.24, 2.45) is 5.92 Å². The molecule has 3 heteroatoms. The van der Waals surface area contributed by atoms with Crippen LogP contribution < -0.4 is 10.6 Å². The van der Waals surface area contributed by atoms with Crippen molar-refractivity contribution in [1.29, 1.82) is 0 Å². The Kier molecular flexibility index (Phi) is 3.93. The van der Waals surface area contributed by atoms with Gasteiger partial charge in [0.05, 0.1) is 5.60 Å². The number of nitrogens with one attached hydrogen (secondary N) is 2. The highest BCUT2D eigenvalue weighted by atomic mass is 16.3. The lowest BCUT2D eigenvalue weighted by atomic mass is 9.92. The quantitative estimate of drug-likeness (QED) is 0.629. The van der Waals surface area contributed by atoms with Gasteiger partial charge in [0, 0.05) is 12.1 Å². The molecule has 3 N–H and O–H groups in total. The maximum absolute atomic E-state index is 9.82. The molecular weight excluding hydrogens is 176 g/mol. The molecule has 1 fully saturated rings. The summed E-state index contributed by atoms with van der Waals surface area (Å²) in [5.74, 6) is 0.647. The van der Waals surface area contributed by atoms with Gasteiger partial charge in [0.1, 0.15) is 0 Å². The van der Waals surface area contributed by atoms with Gasteiger partial charge in [-0.1, -0.05) is 6.92 Å². The van der Waals surface area contributed by atoms with Crippen molar-refractivity contribution in [2.45, 2.75) is 51.8 Å². The second-order valence-electron chi connectivity index (χ2n) is 5.12. The van der Waals surface area contributed by atoms with E-state index in [4.69, 9.17) is 0 Å². The SMILES string of the molecule is CC1CNCCC1NC(C)C(C)(C)O. The summed E-state index contributed by atoms with van der Waals surface area (Å²) in [6, 6.07) is 0.686. The van der Waals surface area contributed by atoms with Crippen molar-refractivity contribution in [2.75, 3.05) is 13.1 Å². The first kappa shape index (κ1) is 12.0. The van der Waals surface area contributed by atoms with E-state index in [-0.39, 0.29) is 6.04 Å². The highest BCUT2D eigenvalue weighted by Gasteiger charge is 2.28. The topological polar surface area (TPSA) is 44.3 Å². The minimum Gasteiger partial charge on any atom is -0.389 e. The number of piperidine rings is 1. The second-order valence-corrected chi connectivity index (χ2v) is 5.12. The Morgan fingerprint density at radius 3 is 2.64 bits per heavy atom. The molecule has 0 amide bonds. The van der Waals surface area contributed by atoms with Crippen LogP contribution in [0, 0.1) is 5.92 Å². The van der Waals surface area contributed by atoms with Crippen LogP contribution in [0.5, 0.6) is 0 Å². The summed E-state index contributed by atoms with van der Waals surface area (Å²) in [5, 5.41) is 16.7.